The molecule has 0 aromatic heterocycles. The highest BCUT2D eigenvalue weighted by Crippen LogP contribution is 2.22. The molecule has 118 valence electrons. The summed E-state index contributed by atoms with van der Waals surface area (Å²) in [7, 11) is -2.42. The molecule has 1 N–H and O–H groups in total. The van der Waals surface area contributed by atoms with E-state index in [0.717, 1.165) is 38.0 Å². The predicted octanol–water partition coefficient (Wildman–Crippen LogP) is 2.58. The normalized spacial score (nSPS) is 21.2. The van der Waals surface area contributed by atoms with Crippen molar-refractivity contribution in [3.63, 3.8) is 0 Å². The van der Waals surface area contributed by atoms with Gasteiger partial charge >= 0.3 is 5.76 Å². The third-order valence-corrected chi connectivity index (χ3v) is 5.14. The van der Waals surface area contributed by atoms with Gasteiger partial charge in [0, 0.05) is 11.7 Å². The molecule has 1 aliphatic rings. The van der Waals surface area contributed by atoms with E-state index < -0.39 is 15.6 Å². The van der Waals surface area contributed by atoms with Crippen LogP contribution in [0.2, 0.25) is 0 Å². The summed E-state index contributed by atoms with van der Waals surface area (Å²) in [5.74, 6) is -3.38. The lowest BCUT2D eigenvalue weighted by molar-refractivity contribution is 0.234. The number of benzene rings is 1. The molecule has 1 fully saturated rings. The molecule has 1 heterocycles. The maximum atomic E-state index is 12.4. The Balaban J connectivity index is 2.03. The molecular formula is C14H20F2N2O2S. The van der Waals surface area contributed by atoms with Gasteiger partial charge in [0.15, 0.2) is 0 Å². The van der Waals surface area contributed by atoms with E-state index in [2.05, 4.69) is 17.3 Å². The summed E-state index contributed by atoms with van der Waals surface area (Å²) < 4.78 is 47.6. The fourth-order valence-electron chi connectivity index (χ4n) is 2.46. The van der Waals surface area contributed by atoms with Gasteiger partial charge in [0.2, 0.25) is 9.84 Å². The molecular weight excluding hydrogens is 298 g/mol. The van der Waals surface area contributed by atoms with E-state index in [1.807, 2.05) is 0 Å². The second-order valence-corrected chi connectivity index (χ2v) is 7.32. The van der Waals surface area contributed by atoms with Gasteiger partial charge in [0.05, 0.1) is 4.90 Å². The van der Waals surface area contributed by atoms with Gasteiger partial charge in [-0.15, -0.1) is 0 Å². The molecule has 1 aromatic carbocycles. The van der Waals surface area contributed by atoms with Gasteiger partial charge in [0.25, 0.3) is 0 Å². The molecule has 1 aliphatic heterocycles. The van der Waals surface area contributed by atoms with E-state index in [4.69, 9.17) is 0 Å². The minimum atomic E-state index is -4.51. The molecule has 1 aromatic rings. The number of hydrogen-bond acceptors (Lipinski definition) is 4. The summed E-state index contributed by atoms with van der Waals surface area (Å²) in [6, 6.07) is 5.88. The Bertz CT molecular complexity index is 561. The van der Waals surface area contributed by atoms with Crippen LogP contribution in [0.25, 0.3) is 0 Å². The lowest BCUT2D eigenvalue weighted by atomic mass is 10.1. The molecule has 0 amide bonds. The molecule has 0 radical (unpaired) electrons. The molecule has 1 unspecified atom stereocenters. The Morgan fingerprint density at radius 1 is 1.19 bits per heavy atom. The fourth-order valence-corrected chi connectivity index (χ4v) is 3.18. The number of nitrogens with zero attached hydrogens (tertiary/aromatic N) is 1. The summed E-state index contributed by atoms with van der Waals surface area (Å²) in [5, 5.41) is 3.34. The maximum absolute atomic E-state index is 12.4. The maximum Gasteiger partial charge on any atom is 0.341 e. The minimum Gasteiger partial charge on any atom is -0.382 e. The topological polar surface area (TPSA) is 49.4 Å². The van der Waals surface area contributed by atoms with Crippen molar-refractivity contribution >= 4 is 15.5 Å². The van der Waals surface area contributed by atoms with Crippen molar-refractivity contribution in [2.24, 2.45) is 0 Å². The number of rotatable bonds is 4. The minimum absolute atomic E-state index is 0.326. The molecule has 0 aliphatic carbocycles. The third kappa shape index (κ3) is 4.14. The van der Waals surface area contributed by atoms with E-state index in [1.165, 1.54) is 12.1 Å². The third-order valence-electron chi connectivity index (χ3n) is 3.74. The first-order chi connectivity index (χ1) is 9.89. The van der Waals surface area contributed by atoms with Gasteiger partial charge in [-0.1, -0.05) is 0 Å². The van der Waals surface area contributed by atoms with Crippen molar-refractivity contribution in [1.29, 1.82) is 0 Å². The summed E-state index contributed by atoms with van der Waals surface area (Å²) in [5.41, 5.74) is 0.762. The van der Waals surface area contributed by atoms with Crippen LogP contribution in [0.3, 0.4) is 0 Å². The van der Waals surface area contributed by atoms with Crippen molar-refractivity contribution in [2.75, 3.05) is 25.5 Å². The lowest BCUT2D eigenvalue weighted by Crippen LogP contribution is -2.23. The van der Waals surface area contributed by atoms with Crippen molar-refractivity contribution < 1.29 is 17.2 Å². The van der Waals surface area contributed by atoms with Gasteiger partial charge in [-0.3, -0.25) is 0 Å². The monoisotopic (exact) mass is 318 g/mol. The van der Waals surface area contributed by atoms with Crippen LogP contribution < -0.4 is 5.32 Å². The van der Waals surface area contributed by atoms with Crippen molar-refractivity contribution in [3.8, 4) is 0 Å². The summed E-state index contributed by atoms with van der Waals surface area (Å²) >= 11 is 0. The van der Waals surface area contributed by atoms with Crippen LogP contribution in [-0.2, 0) is 9.84 Å². The van der Waals surface area contributed by atoms with Crippen molar-refractivity contribution in [2.45, 2.75) is 36.0 Å². The molecule has 0 spiro atoms. The zero-order valence-electron chi connectivity index (χ0n) is 11.9. The molecule has 1 atom stereocenters. The average Bonchev–Trinajstić information content (AvgIpc) is 2.64. The SMILES string of the molecule is CN1CCCC(Nc2ccc(S(=O)(=O)C(F)F)cc2)CC1. The smallest absolute Gasteiger partial charge is 0.341 e. The van der Waals surface area contributed by atoms with Crippen LogP contribution >= 0.6 is 0 Å². The first-order valence-electron chi connectivity index (χ1n) is 6.97. The number of anilines is 1. The van der Waals surface area contributed by atoms with Crippen LogP contribution in [0.4, 0.5) is 14.5 Å². The number of sulfone groups is 1. The second kappa shape index (κ2) is 6.70. The Kier molecular flexibility index (Phi) is 5.16. The Morgan fingerprint density at radius 3 is 2.48 bits per heavy atom. The standard InChI is InChI=1S/C14H20F2N2O2S/c1-18-9-2-3-11(8-10-18)17-12-4-6-13(7-5-12)21(19,20)14(15)16/h4-7,11,14,17H,2-3,8-10H2,1H3. The van der Waals surface area contributed by atoms with Gasteiger partial charge in [0.1, 0.15) is 0 Å². The predicted molar refractivity (Wildman–Crippen MR) is 78.4 cm³/mol. The van der Waals surface area contributed by atoms with E-state index in [-0.39, 0.29) is 4.90 Å². The van der Waals surface area contributed by atoms with E-state index in [0.29, 0.717) is 6.04 Å². The van der Waals surface area contributed by atoms with E-state index in [1.54, 1.807) is 12.1 Å². The lowest BCUT2D eigenvalue weighted by Gasteiger charge is -2.18. The second-order valence-electron chi connectivity index (χ2n) is 5.41. The number of halogens is 2. The van der Waals surface area contributed by atoms with Gasteiger partial charge < -0.3 is 10.2 Å². The van der Waals surface area contributed by atoms with Crippen molar-refractivity contribution in [1.82, 2.24) is 4.90 Å². The molecule has 21 heavy (non-hydrogen) atoms. The fraction of sp³-hybridized carbons (Fsp3) is 0.571. The van der Waals surface area contributed by atoms with E-state index >= 15 is 0 Å². The first kappa shape index (κ1) is 16.2. The Morgan fingerprint density at radius 2 is 1.86 bits per heavy atom. The zero-order valence-corrected chi connectivity index (χ0v) is 12.7. The van der Waals surface area contributed by atoms with E-state index in [9.17, 15) is 17.2 Å². The Hall–Kier alpha value is -1.21. The van der Waals surface area contributed by atoms with Crippen LogP contribution in [-0.4, -0.2) is 45.3 Å². The number of likely N-dealkylation sites (tertiary alicyclic amines) is 1. The summed E-state index contributed by atoms with van der Waals surface area (Å²) in [4.78, 5) is 1.93. The summed E-state index contributed by atoms with van der Waals surface area (Å²) in [6.45, 7) is 2.08. The van der Waals surface area contributed by atoms with Crippen molar-refractivity contribution in [3.05, 3.63) is 24.3 Å². The quantitative estimate of drug-likeness (QED) is 0.927. The van der Waals surface area contributed by atoms with Crippen LogP contribution in [0.5, 0.6) is 0 Å². The van der Waals surface area contributed by atoms with Crippen LogP contribution in [0.1, 0.15) is 19.3 Å². The van der Waals surface area contributed by atoms with Crippen LogP contribution in [0, 0.1) is 0 Å². The highest BCUT2D eigenvalue weighted by atomic mass is 32.2. The van der Waals surface area contributed by atoms with Gasteiger partial charge in [-0.2, -0.15) is 8.78 Å². The average molecular weight is 318 g/mol. The molecule has 0 saturated carbocycles. The molecule has 0 bridgehead atoms. The molecule has 4 nitrogen and oxygen atoms in total. The van der Waals surface area contributed by atoms with Gasteiger partial charge in [-0.05, 0) is 63.7 Å². The van der Waals surface area contributed by atoms with Crippen LogP contribution in [0.15, 0.2) is 29.2 Å². The largest absolute Gasteiger partial charge is 0.382 e. The number of alkyl halides is 2. The molecule has 7 heteroatoms. The summed E-state index contributed by atoms with van der Waals surface area (Å²) in [6.07, 6.45) is 3.15. The zero-order chi connectivity index (χ0) is 15.5. The number of nitrogens with one attached hydrogen (secondary N) is 1. The molecule has 1 saturated heterocycles. The first-order valence-corrected chi connectivity index (χ1v) is 8.51. The van der Waals surface area contributed by atoms with Gasteiger partial charge in [-0.25, -0.2) is 8.42 Å². The molecule has 2 rings (SSSR count). The number of hydrogen-bond donors (Lipinski definition) is 1. The highest BCUT2D eigenvalue weighted by molar-refractivity contribution is 7.91. The highest BCUT2D eigenvalue weighted by Gasteiger charge is 2.26. The Labute approximate surface area is 124 Å².